The fourth-order valence-electron chi connectivity index (χ4n) is 1.68. The molecule has 106 valence electrons. The molecule has 0 aliphatic rings. The van der Waals surface area contributed by atoms with E-state index in [4.69, 9.17) is 58.0 Å². The van der Waals surface area contributed by atoms with E-state index in [1.54, 1.807) is 12.1 Å². The highest BCUT2D eigenvalue weighted by Crippen LogP contribution is 2.33. The maximum absolute atomic E-state index is 6.16. The predicted molar refractivity (Wildman–Crippen MR) is 87.8 cm³/mol. The summed E-state index contributed by atoms with van der Waals surface area (Å²) in [5.74, 6) is 0.444. The fraction of sp³-hybridized carbons (Fsp3) is 0.154. The fourth-order valence-corrected chi connectivity index (χ4v) is 2.81. The van der Waals surface area contributed by atoms with Gasteiger partial charge in [0.15, 0.2) is 0 Å². The number of nitrogens with one attached hydrogen (secondary N) is 1. The van der Waals surface area contributed by atoms with Crippen molar-refractivity contribution in [3.05, 3.63) is 55.1 Å². The zero-order valence-electron chi connectivity index (χ0n) is 10.2. The first-order valence-corrected chi connectivity index (χ1v) is 7.50. The lowest BCUT2D eigenvalue weighted by Crippen LogP contribution is -2.09. The van der Waals surface area contributed by atoms with Gasteiger partial charge in [0.25, 0.3) is 0 Å². The Balaban J connectivity index is 2.27. The SMILES string of the molecule is CC(Nc1nc(Cl)c(Cl)cc1Cl)c1ccc(Cl)cc1Cl. The Bertz CT molecular complexity index is 645. The minimum Gasteiger partial charge on any atom is -0.362 e. The number of aromatic nitrogens is 1. The highest BCUT2D eigenvalue weighted by Gasteiger charge is 2.14. The summed E-state index contributed by atoms with van der Waals surface area (Å²) < 4.78 is 0. The molecule has 0 bridgehead atoms. The van der Waals surface area contributed by atoms with E-state index in [2.05, 4.69) is 10.3 Å². The number of anilines is 1. The van der Waals surface area contributed by atoms with Gasteiger partial charge in [-0.15, -0.1) is 0 Å². The van der Waals surface area contributed by atoms with Gasteiger partial charge in [0.05, 0.1) is 16.1 Å². The van der Waals surface area contributed by atoms with Crippen molar-refractivity contribution in [2.75, 3.05) is 5.32 Å². The summed E-state index contributed by atoms with van der Waals surface area (Å²) in [6, 6.07) is 6.71. The van der Waals surface area contributed by atoms with Crippen molar-refractivity contribution < 1.29 is 0 Å². The minimum atomic E-state index is -0.123. The molecule has 1 aromatic heterocycles. The molecule has 1 unspecified atom stereocenters. The van der Waals surface area contributed by atoms with E-state index >= 15 is 0 Å². The van der Waals surface area contributed by atoms with Gasteiger partial charge in [-0.2, -0.15) is 0 Å². The van der Waals surface area contributed by atoms with E-state index in [0.29, 0.717) is 25.9 Å². The first kappa shape index (κ1) is 16.0. The summed E-state index contributed by atoms with van der Waals surface area (Å²) in [7, 11) is 0. The quantitative estimate of drug-likeness (QED) is 0.622. The standard InChI is InChI=1S/C13H9Cl5N2/c1-6(8-3-2-7(14)4-9(8)15)19-13-11(17)5-10(16)12(18)20-13/h2-6H,1H3,(H,19,20). The summed E-state index contributed by atoms with van der Waals surface area (Å²) in [6.45, 7) is 1.93. The lowest BCUT2D eigenvalue weighted by Gasteiger charge is -2.17. The van der Waals surface area contributed by atoms with Crippen LogP contribution in [-0.2, 0) is 0 Å². The smallest absolute Gasteiger partial charge is 0.150 e. The molecule has 0 aliphatic heterocycles. The van der Waals surface area contributed by atoms with Crippen LogP contribution in [0.25, 0.3) is 0 Å². The topological polar surface area (TPSA) is 24.9 Å². The van der Waals surface area contributed by atoms with Gasteiger partial charge in [-0.05, 0) is 30.7 Å². The van der Waals surface area contributed by atoms with E-state index in [9.17, 15) is 0 Å². The van der Waals surface area contributed by atoms with E-state index < -0.39 is 0 Å². The van der Waals surface area contributed by atoms with Crippen molar-refractivity contribution in [1.82, 2.24) is 4.98 Å². The number of nitrogens with zero attached hydrogens (tertiary/aromatic N) is 1. The van der Waals surface area contributed by atoms with Crippen LogP contribution < -0.4 is 5.32 Å². The third-order valence-electron chi connectivity index (χ3n) is 2.67. The van der Waals surface area contributed by atoms with Crippen LogP contribution in [0.4, 0.5) is 5.82 Å². The number of benzene rings is 1. The molecule has 0 amide bonds. The van der Waals surface area contributed by atoms with Crippen LogP contribution in [0.1, 0.15) is 18.5 Å². The number of hydrogen-bond acceptors (Lipinski definition) is 2. The maximum atomic E-state index is 6.16. The van der Waals surface area contributed by atoms with Gasteiger partial charge in [-0.25, -0.2) is 4.98 Å². The lowest BCUT2D eigenvalue weighted by atomic mass is 10.1. The second-order valence-electron chi connectivity index (χ2n) is 4.12. The first-order valence-electron chi connectivity index (χ1n) is 5.61. The van der Waals surface area contributed by atoms with Crippen LogP contribution in [0.15, 0.2) is 24.3 Å². The summed E-state index contributed by atoms with van der Waals surface area (Å²) in [5.41, 5.74) is 0.875. The highest BCUT2D eigenvalue weighted by atomic mass is 35.5. The van der Waals surface area contributed by atoms with Crippen LogP contribution in [-0.4, -0.2) is 4.98 Å². The molecule has 20 heavy (non-hydrogen) atoms. The Morgan fingerprint density at radius 2 is 1.65 bits per heavy atom. The molecule has 1 aromatic carbocycles. The number of halogens is 5. The third-order valence-corrected chi connectivity index (χ3v) is 4.19. The molecule has 0 spiro atoms. The Morgan fingerprint density at radius 3 is 2.30 bits per heavy atom. The molecule has 0 aliphatic carbocycles. The molecule has 0 saturated heterocycles. The van der Waals surface area contributed by atoms with E-state index in [1.165, 1.54) is 6.07 Å². The molecule has 0 saturated carbocycles. The lowest BCUT2D eigenvalue weighted by molar-refractivity contribution is 0.875. The molecule has 0 radical (unpaired) electrons. The van der Waals surface area contributed by atoms with Gasteiger partial charge in [0.1, 0.15) is 11.0 Å². The predicted octanol–water partition coefficient (Wildman–Crippen LogP) is 6.52. The third kappa shape index (κ3) is 3.63. The van der Waals surface area contributed by atoms with Crippen LogP contribution in [0.3, 0.4) is 0 Å². The summed E-state index contributed by atoms with van der Waals surface area (Å²) in [4.78, 5) is 4.11. The Hall–Kier alpha value is -0.380. The van der Waals surface area contributed by atoms with Gasteiger partial charge >= 0.3 is 0 Å². The largest absolute Gasteiger partial charge is 0.362 e. The maximum Gasteiger partial charge on any atom is 0.150 e. The van der Waals surface area contributed by atoms with Crippen LogP contribution in [0.5, 0.6) is 0 Å². The van der Waals surface area contributed by atoms with Gasteiger partial charge in [-0.1, -0.05) is 64.1 Å². The van der Waals surface area contributed by atoms with Crippen molar-refractivity contribution in [3.63, 3.8) is 0 Å². The monoisotopic (exact) mass is 368 g/mol. The van der Waals surface area contributed by atoms with Crippen molar-refractivity contribution in [1.29, 1.82) is 0 Å². The first-order chi connectivity index (χ1) is 9.38. The minimum absolute atomic E-state index is 0.123. The Labute approximate surface area is 142 Å². The van der Waals surface area contributed by atoms with Crippen LogP contribution in [0.2, 0.25) is 25.2 Å². The summed E-state index contributed by atoms with van der Waals surface area (Å²) >= 11 is 29.8. The molecule has 0 fully saturated rings. The van der Waals surface area contributed by atoms with Gasteiger partial charge < -0.3 is 5.32 Å². The van der Waals surface area contributed by atoms with Crippen molar-refractivity contribution in [2.45, 2.75) is 13.0 Å². The summed E-state index contributed by atoms with van der Waals surface area (Å²) in [6.07, 6.45) is 0. The second kappa shape index (κ2) is 6.59. The van der Waals surface area contributed by atoms with Crippen molar-refractivity contribution >= 4 is 63.8 Å². The molecular formula is C13H9Cl5N2. The highest BCUT2D eigenvalue weighted by molar-refractivity contribution is 6.43. The normalized spacial score (nSPS) is 12.3. The van der Waals surface area contributed by atoms with E-state index in [1.807, 2.05) is 13.0 Å². The average Bonchev–Trinajstić information content (AvgIpc) is 2.35. The average molecular weight is 370 g/mol. The Kier molecular flexibility index (Phi) is 5.27. The zero-order chi connectivity index (χ0) is 14.9. The zero-order valence-corrected chi connectivity index (χ0v) is 14.0. The molecule has 2 nitrogen and oxygen atoms in total. The molecule has 1 atom stereocenters. The van der Waals surface area contributed by atoms with Gasteiger partial charge in [-0.3, -0.25) is 0 Å². The van der Waals surface area contributed by atoms with Gasteiger partial charge in [0.2, 0.25) is 0 Å². The number of hydrogen-bond donors (Lipinski definition) is 1. The van der Waals surface area contributed by atoms with E-state index in [0.717, 1.165) is 5.56 Å². The Morgan fingerprint density at radius 1 is 0.950 bits per heavy atom. The molecule has 2 aromatic rings. The van der Waals surface area contributed by atoms with Crippen LogP contribution in [0, 0.1) is 0 Å². The van der Waals surface area contributed by atoms with Crippen LogP contribution >= 0.6 is 58.0 Å². The summed E-state index contributed by atoms with van der Waals surface area (Å²) in [5, 5.41) is 5.16. The molecular weight excluding hydrogens is 361 g/mol. The molecule has 2 rings (SSSR count). The number of rotatable bonds is 3. The second-order valence-corrected chi connectivity index (χ2v) is 6.14. The van der Waals surface area contributed by atoms with E-state index in [-0.39, 0.29) is 11.2 Å². The van der Waals surface area contributed by atoms with Gasteiger partial charge in [0, 0.05) is 10.0 Å². The van der Waals surface area contributed by atoms with Crippen molar-refractivity contribution in [3.8, 4) is 0 Å². The van der Waals surface area contributed by atoms with Crippen molar-refractivity contribution in [2.24, 2.45) is 0 Å². The molecule has 7 heteroatoms. The number of pyridine rings is 1. The molecule has 1 N–H and O–H groups in total. The molecule has 1 heterocycles.